The molecule has 0 saturated heterocycles. The highest BCUT2D eigenvalue weighted by molar-refractivity contribution is 7.90. The zero-order chi connectivity index (χ0) is 14.2. The van der Waals surface area contributed by atoms with Crippen LogP contribution in [0.3, 0.4) is 0 Å². The fourth-order valence-electron chi connectivity index (χ4n) is 1.80. The average Bonchev–Trinajstić information content (AvgIpc) is 2.69. The van der Waals surface area contributed by atoms with Crippen LogP contribution in [0.1, 0.15) is 12.5 Å². The molecule has 2 aromatic heterocycles. The maximum atomic E-state index is 11.3. The highest BCUT2D eigenvalue weighted by Gasteiger charge is 2.16. The van der Waals surface area contributed by atoms with Crippen LogP contribution in [0.5, 0.6) is 0 Å². The minimum Gasteiger partial charge on any atom is -0.366 e. The molecule has 0 radical (unpaired) electrons. The van der Waals surface area contributed by atoms with E-state index >= 15 is 0 Å². The third kappa shape index (κ3) is 3.13. The molecular weight excluding hydrogens is 290 g/mol. The van der Waals surface area contributed by atoms with E-state index in [0.29, 0.717) is 22.3 Å². The second kappa shape index (κ2) is 4.93. The van der Waals surface area contributed by atoms with Crippen LogP contribution in [0.2, 0.25) is 5.15 Å². The molecule has 1 unspecified atom stereocenters. The number of hydrogen-bond donors (Lipinski definition) is 1. The minimum atomic E-state index is -3.06. The highest BCUT2D eigenvalue weighted by atomic mass is 35.5. The fourth-order valence-corrected chi connectivity index (χ4v) is 2.95. The molecule has 0 aliphatic carbocycles. The van der Waals surface area contributed by atoms with E-state index < -0.39 is 9.84 Å². The molecule has 0 aliphatic heterocycles. The van der Waals surface area contributed by atoms with Crippen molar-refractivity contribution in [2.45, 2.75) is 19.9 Å². The summed E-state index contributed by atoms with van der Waals surface area (Å²) in [7, 11) is -3.06. The smallest absolute Gasteiger partial charge is 0.255 e. The van der Waals surface area contributed by atoms with Crippen molar-refractivity contribution in [3.63, 3.8) is 0 Å². The minimum absolute atomic E-state index is 0.0164. The van der Waals surface area contributed by atoms with Crippen LogP contribution in [-0.4, -0.2) is 46.1 Å². The molecule has 2 rings (SSSR count). The molecule has 7 nitrogen and oxygen atoms in total. The van der Waals surface area contributed by atoms with Gasteiger partial charge in [0.25, 0.3) is 5.78 Å². The van der Waals surface area contributed by atoms with Crippen LogP contribution in [0.25, 0.3) is 5.78 Å². The number of halogens is 1. The Hall–Kier alpha value is -1.41. The Kier molecular flexibility index (Phi) is 3.64. The first-order valence-corrected chi connectivity index (χ1v) is 8.02. The maximum absolute atomic E-state index is 11.3. The van der Waals surface area contributed by atoms with Crippen molar-refractivity contribution in [1.82, 2.24) is 19.6 Å². The number of rotatable bonds is 4. The molecule has 19 heavy (non-hydrogen) atoms. The van der Waals surface area contributed by atoms with Crippen molar-refractivity contribution in [3.05, 3.63) is 17.0 Å². The van der Waals surface area contributed by atoms with E-state index in [1.165, 1.54) is 17.1 Å². The Bertz CT molecular complexity index is 712. The van der Waals surface area contributed by atoms with E-state index in [1.807, 2.05) is 0 Å². The van der Waals surface area contributed by atoms with E-state index in [-0.39, 0.29) is 11.8 Å². The van der Waals surface area contributed by atoms with Crippen molar-refractivity contribution in [2.75, 3.05) is 17.3 Å². The fraction of sp³-hybridized carbons (Fsp3) is 0.500. The standard InChI is InChI=1S/C10H14ClN5O2S/c1-6(4-19(3,17)18)14-9-7(2)8(11)15-10-12-5-13-16(9)10/h5-6,14H,4H2,1-3H3. The zero-order valence-corrected chi connectivity index (χ0v) is 12.3. The second-order valence-corrected chi connectivity index (χ2v) is 7.03. The lowest BCUT2D eigenvalue weighted by molar-refractivity contribution is 0.597. The number of aromatic nitrogens is 4. The lowest BCUT2D eigenvalue weighted by Crippen LogP contribution is -2.26. The third-order valence-corrected chi connectivity index (χ3v) is 4.01. The van der Waals surface area contributed by atoms with Crippen molar-refractivity contribution >= 4 is 33.0 Å². The van der Waals surface area contributed by atoms with Gasteiger partial charge in [0.15, 0.2) is 0 Å². The molecule has 0 fully saturated rings. The van der Waals surface area contributed by atoms with E-state index in [2.05, 4.69) is 20.4 Å². The summed E-state index contributed by atoms with van der Waals surface area (Å²) < 4.78 is 24.1. The molecule has 0 aliphatic rings. The molecular formula is C10H14ClN5O2S. The van der Waals surface area contributed by atoms with Crippen LogP contribution in [0, 0.1) is 6.92 Å². The first-order valence-electron chi connectivity index (χ1n) is 5.58. The number of nitrogens with one attached hydrogen (secondary N) is 1. The molecule has 0 spiro atoms. The lowest BCUT2D eigenvalue weighted by atomic mass is 10.3. The van der Waals surface area contributed by atoms with Crippen molar-refractivity contribution < 1.29 is 8.42 Å². The predicted octanol–water partition coefficient (Wildman–Crippen LogP) is 0.931. The van der Waals surface area contributed by atoms with Gasteiger partial charge in [-0.15, -0.1) is 0 Å². The summed E-state index contributed by atoms with van der Waals surface area (Å²) in [6.45, 7) is 3.56. The normalized spacial score (nSPS) is 13.7. The average molecular weight is 304 g/mol. The molecule has 0 amide bonds. The molecule has 0 bridgehead atoms. The summed E-state index contributed by atoms with van der Waals surface area (Å²) >= 11 is 6.02. The number of anilines is 1. The summed E-state index contributed by atoms with van der Waals surface area (Å²) in [6.07, 6.45) is 2.56. The Labute approximate surface area is 115 Å². The molecule has 104 valence electrons. The first kappa shape index (κ1) is 14.0. The van der Waals surface area contributed by atoms with Crippen LogP contribution in [-0.2, 0) is 9.84 Å². The third-order valence-electron chi connectivity index (χ3n) is 2.54. The monoisotopic (exact) mass is 303 g/mol. The summed E-state index contributed by atoms with van der Waals surface area (Å²) in [5.41, 5.74) is 0.694. The Morgan fingerprint density at radius 1 is 1.53 bits per heavy atom. The van der Waals surface area contributed by atoms with Gasteiger partial charge in [0.05, 0.1) is 5.75 Å². The van der Waals surface area contributed by atoms with E-state index in [0.717, 1.165) is 0 Å². The number of hydrogen-bond acceptors (Lipinski definition) is 6. The van der Waals surface area contributed by atoms with Gasteiger partial charge >= 0.3 is 0 Å². The second-order valence-electron chi connectivity index (χ2n) is 4.49. The van der Waals surface area contributed by atoms with Gasteiger partial charge in [-0.25, -0.2) is 8.42 Å². The van der Waals surface area contributed by atoms with Crippen LogP contribution in [0.15, 0.2) is 6.33 Å². The Morgan fingerprint density at radius 2 is 2.21 bits per heavy atom. The largest absolute Gasteiger partial charge is 0.366 e. The number of fused-ring (bicyclic) bond motifs is 1. The summed E-state index contributed by atoms with van der Waals surface area (Å²) in [4.78, 5) is 8.04. The molecule has 0 aromatic carbocycles. The molecule has 9 heteroatoms. The first-order chi connectivity index (χ1) is 8.78. The van der Waals surface area contributed by atoms with E-state index in [9.17, 15) is 8.42 Å². The van der Waals surface area contributed by atoms with Crippen molar-refractivity contribution in [1.29, 1.82) is 0 Å². The quantitative estimate of drug-likeness (QED) is 0.845. The predicted molar refractivity (Wildman–Crippen MR) is 73.3 cm³/mol. The van der Waals surface area contributed by atoms with Gasteiger partial charge in [-0.05, 0) is 13.8 Å². The Morgan fingerprint density at radius 3 is 2.84 bits per heavy atom. The SMILES string of the molecule is Cc1c(Cl)nc2ncnn2c1NC(C)CS(C)(=O)=O. The van der Waals surface area contributed by atoms with Gasteiger partial charge in [0.2, 0.25) is 0 Å². The number of nitrogens with zero attached hydrogens (tertiary/aromatic N) is 4. The van der Waals surface area contributed by atoms with Gasteiger partial charge in [-0.1, -0.05) is 11.6 Å². The Balaban J connectivity index is 2.39. The topological polar surface area (TPSA) is 89.2 Å². The molecule has 1 atom stereocenters. The van der Waals surface area contributed by atoms with Crippen molar-refractivity contribution in [3.8, 4) is 0 Å². The zero-order valence-electron chi connectivity index (χ0n) is 10.8. The molecule has 0 saturated carbocycles. The molecule has 1 N–H and O–H groups in total. The van der Waals surface area contributed by atoms with Crippen molar-refractivity contribution in [2.24, 2.45) is 0 Å². The maximum Gasteiger partial charge on any atom is 0.255 e. The van der Waals surface area contributed by atoms with E-state index in [1.54, 1.807) is 13.8 Å². The van der Waals surface area contributed by atoms with Crippen LogP contribution in [0.4, 0.5) is 5.82 Å². The lowest BCUT2D eigenvalue weighted by Gasteiger charge is -2.17. The van der Waals surface area contributed by atoms with Gasteiger partial charge in [0, 0.05) is 17.9 Å². The van der Waals surface area contributed by atoms with Gasteiger partial charge in [-0.3, -0.25) is 0 Å². The summed E-state index contributed by atoms with van der Waals surface area (Å²) in [5, 5.41) is 7.45. The molecule has 2 heterocycles. The van der Waals surface area contributed by atoms with Crippen LogP contribution < -0.4 is 5.32 Å². The van der Waals surface area contributed by atoms with E-state index in [4.69, 9.17) is 11.6 Å². The van der Waals surface area contributed by atoms with Gasteiger partial charge < -0.3 is 5.32 Å². The van der Waals surface area contributed by atoms with Gasteiger partial charge in [-0.2, -0.15) is 19.6 Å². The summed E-state index contributed by atoms with van der Waals surface area (Å²) in [5.74, 6) is 0.982. The van der Waals surface area contributed by atoms with Gasteiger partial charge in [0.1, 0.15) is 27.1 Å². The van der Waals surface area contributed by atoms with Crippen LogP contribution >= 0.6 is 11.6 Å². The summed E-state index contributed by atoms with van der Waals surface area (Å²) in [6, 6.07) is -0.278. The molecule has 2 aromatic rings. The highest BCUT2D eigenvalue weighted by Crippen LogP contribution is 2.22. The number of sulfone groups is 1.